The highest BCUT2D eigenvalue weighted by atomic mass is 79.9. The Morgan fingerprint density at radius 3 is 2.67 bits per heavy atom. The Balaban J connectivity index is 2.58. The number of hydrogen-bond acceptors (Lipinski definition) is 4. The van der Waals surface area contributed by atoms with Crippen molar-refractivity contribution < 1.29 is 23.1 Å². The first-order chi connectivity index (χ1) is 8.29. The van der Waals surface area contributed by atoms with Gasteiger partial charge < -0.3 is 9.84 Å². The van der Waals surface area contributed by atoms with Gasteiger partial charge in [0.25, 0.3) is 0 Å². The van der Waals surface area contributed by atoms with Crippen LogP contribution in [0.15, 0.2) is 22.7 Å². The first kappa shape index (κ1) is 15.0. The van der Waals surface area contributed by atoms with E-state index >= 15 is 0 Å². The molecule has 0 atom stereocenters. The van der Waals surface area contributed by atoms with E-state index in [0.717, 1.165) is 6.26 Å². The maximum Gasteiger partial charge on any atom is 0.336 e. The molecule has 0 aliphatic rings. The minimum absolute atomic E-state index is 0.0509. The second kappa shape index (κ2) is 6.19. The summed E-state index contributed by atoms with van der Waals surface area (Å²) in [6.07, 6.45) is 1.53. The van der Waals surface area contributed by atoms with Gasteiger partial charge in [0.15, 0.2) is 0 Å². The van der Waals surface area contributed by atoms with Gasteiger partial charge in [0.05, 0.1) is 17.9 Å². The normalized spacial score (nSPS) is 11.2. The number of hydrogen-bond donors (Lipinski definition) is 1. The highest BCUT2D eigenvalue weighted by Gasteiger charge is 2.09. The lowest BCUT2D eigenvalue weighted by Gasteiger charge is -2.07. The van der Waals surface area contributed by atoms with Crippen molar-refractivity contribution in [1.82, 2.24) is 0 Å². The van der Waals surface area contributed by atoms with Gasteiger partial charge >= 0.3 is 5.97 Å². The number of carboxylic acid groups (broad SMARTS) is 1. The van der Waals surface area contributed by atoms with Crippen molar-refractivity contribution in [2.24, 2.45) is 0 Å². The molecule has 0 bridgehead atoms. The predicted molar refractivity (Wildman–Crippen MR) is 70.9 cm³/mol. The Labute approximate surface area is 114 Å². The molecule has 0 amide bonds. The van der Waals surface area contributed by atoms with E-state index in [-0.39, 0.29) is 17.9 Å². The molecule has 18 heavy (non-hydrogen) atoms. The highest BCUT2D eigenvalue weighted by Crippen LogP contribution is 2.22. The van der Waals surface area contributed by atoms with Crippen LogP contribution in [0.5, 0.6) is 5.75 Å². The van der Waals surface area contributed by atoms with E-state index in [1.165, 1.54) is 6.07 Å². The van der Waals surface area contributed by atoms with Crippen LogP contribution in [0.25, 0.3) is 0 Å². The first-order valence-corrected chi connectivity index (χ1v) is 7.98. The van der Waals surface area contributed by atoms with Crippen molar-refractivity contribution in [2.45, 2.75) is 6.42 Å². The quantitative estimate of drug-likeness (QED) is 0.803. The van der Waals surface area contributed by atoms with E-state index in [1.807, 2.05) is 0 Å². The Bertz CT molecular complexity index is 538. The van der Waals surface area contributed by atoms with Crippen LogP contribution in [-0.2, 0) is 9.84 Å². The zero-order chi connectivity index (χ0) is 13.8. The molecular formula is C11H13BrO5S. The van der Waals surface area contributed by atoms with Crippen molar-refractivity contribution in [2.75, 3.05) is 18.6 Å². The molecule has 0 heterocycles. The van der Waals surface area contributed by atoms with Crippen LogP contribution in [0, 0.1) is 0 Å². The largest absolute Gasteiger partial charge is 0.494 e. The van der Waals surface area contributed by atoms with Gasteiger partial charge in [-0.1, -0.05) is 0 Å². The SMILES string of the molecule is CS(=O)(=O)CCCOc1ccc(Br)c(C(=O)O)c1. The number of benzene rings is 1. The number of ether oxygens (including phenoxy) is 1. The average molecular weight is 337 g/mol. The number of aromatic carboxylic acids is 1. The molecule has 0 saturated carbocycles. The average Bonchev–Trinajstić information content (AvgIpc) is 2.24. The number of halogens is 1. The molecule has 1 N–H and O–H groups in total. The molecule has 0 fully saturated rings. The van der Waals surface area contributed by atoms with Crippen LogP contribution in [0.1, 0.15) is 16.8 Å². The molecule has 0 aromatic heterocycles. The molecule has 100 valence electrons. The molecular weight excluding hydrogens is 324 g/mol. The van der Waals surface area contributed by atoms with Gasteiger partial charge in [-0.3, -0.25) is 0 Å². The van der Waals surface area contributed by atoms with E-state index in [2.05, 4.69) is 15.9 Å². The third-order valence-corrected chi connectivity index (χ3v) is 3.82. The summed E-state index contributed by atoms with van der Waals surface area (Å²) in [6, 6.07) is 4.60. The fraction of sp³-hybridized carbons (Fsp3) is 0.364. The molecule has 0 aliphatic heterocycles. The van der Waals surface area contributed by atoms with E-state index in [4.69, 9.17) is 9.84 Å². The second-order valence-corrected chi connectivity index (χ2v) is 6.89. The Hall–Kier alpha value is -1.08. The van der Waals surface area contributed by atoms with E-state index in [9.17, 15) is 13.2 Å². The number of rotatable bonds is 6. The lowest BCUT2D eigenvalue weighted by molar-refractivity contribution is 0.0695. The molecule has 1 aromatic carbocycles. The fourth-order valence-electron chi connectivity index (χ4n) is 1.27. The predicted octanol–water partition coefficient (Wildman–Crippen LogP) is 1.96. The molecule has 1 rings (SSSR count). The molecule has 7 heteroatoms. The van der Waals surface area contributed by atoms with Crippen molar-refractivity contribution in [3.63, 3.8) is 0 Å². The van der Waals surface area contributed by atoms with E-state index in [0.29, 0.717) is 16.6 Å². The summed E-state index contributed by atoms with van der Waals surface area (Å²) in [6.45, 7) is 0.230. The lowest BCUT2D eigenvalue weighted by atomic mass is 10.2. The highest BCUT2D eigenvalue weighted by molar-refractivity contribution is 9.10. The number of sulfone groups is 1. The molecule has 0 unspecified atom stereocenters. The van der Waals surface area contributed by atoms with Crippen LogP contribution in [0.2, 0.25) is 0 Å². The number of carbonyl (C=O) groups is 1. The van der Waals surface area contributed by atoms with Crippen LogP contribution in [-0.4, -0.2) is 38.1 Å². The van der Waals surface area contributed by atoms with Gasteiger partial charge in [-0.25, -0.2) is 13.2 Å². The third-order valence-electron chi connectivity index (χ3n) is 2.10. The maximum absolute atomic E-state index is 10.9. The van der Waals surface area contributed by atoms with Gasteiger partial charge in [0, 0.05) is 10.7 Å². The topological polar surface area (TPSA) is 80.7 Å². The zero-order valence-electron chi connectivity index (χ0n) is 9.72. The monoisotopic (exact) mass is 336 g/mol. The van der Waals surface area contributed by atoms with Crippen molar-refractivity contribution in [3.8, 4) is 5.75 Å². The fourth-order valence-corrected chi connectivity index (χ4v) is 2.33. The summed E-state index contributed by atoms with van der Waals surface area (Å²) < 4.78 is 27.6. The summed E-state index contributed by atoms with van der Waals surface area (Å²) in [5, 5.41) is 8.90. The minimum Gasteiger partial charge on any atom is -0.494 e. The standard InChI is InChI=1S/C11H13BrO5S/c1-18(15,16)6-2-5-17-8-3-4-10(12)9(7-8)11(13)14/h3-4,7H,2,5-6H2,1H3,(H,13,14). The van der Waals surface area contributed by atoms with Crippen molar-refractivity contribution >= 4 is 31.7 Å². The van der Waals surface area contributed by atoms with Gasteiger partial charge in [-0.15, -0.1) is 0 Å². The number of carboxylic acids is 1. The summed E-state index contributed by atoms with van der Waals surface area (Å²) in [7, 11) is -2.99. The Kier molecular flexibility index (Phi) is 5.15. The lowest BCUT2D eigenvalue weighted by Crippen LogP contribution is -2.08. The van der Waals surface area contributed by atoms with Crippen LogP contribution >= 0.6 is 15.9 Å². The van der Waals surface area contributed by atoms with E-state index in [1.54, 1.807) is 12.1 Å². The zero-order valence-corrected chi connectivity index (χ0v) is 12.1. The molecule has 0 saturated heterocycles. The first-order valence-electron chi connectivity index (χ1n) is 5.13. The summed E-state index contributed by atoms with van der Waals surface area (Å²) in [5.41, 5.74) is 0.107. The molecule has 1 aromatic rings. The van der Waals surface area contributed by atoms with Crippen molar-refractivity contribution in [3.05, 3.63) is 28.2 Å². The second-order valence-electron chi connectivity index (χ2n) is 3.78. The van der Waals surface area contributed by atoms with E-state index < -0.39 is 15.8 Å². The summed E-state index contributed by atoms with van der Waals surface area (Å²) in [4.78, 5) is 10.9. The Morgan fingerprint density at radius 2 is 2.11 bits per heavy atom. The van der Waals surface area contributed by atoms with Crippen LogP contribution in [0.4, 0.5) is 0 Å². The van der Waals surface area contributed by atoms with Gasteiger partial charge in [-0.2, -0.15) is 0 Å². The maximum atomic E-state index is 10.9. The van der Waals surface area contributed by atoms with Crippen LogP contribution < -0.4 is 4.74 Å². The van der Waals surface area contributed by atoms with Crippen molar-refractivity contribution in [1.29, 1.82) is 0 Å². The van der Waals surface area contributed by atoms with Gasteiger partial charge in [0.1, 0.15) is 15.6 Å². The summed E-state index contributed by atoms with van der Waals surface area (Å²) in [5.74, 6) is -0.595. The molecule has 5 nitrogen and oxygen atoms in total. The molecule has 0 radical (unpaired) electrons. The van der Waals surface area contributed by atoms with Gasteiger partial charge in [-0.05, 0) is 40.5 Å². The van der Waals surface area contributed by atoms with Crippen LogP contribution in [0.3, 0.4) is 0 Å². The third kappa shape index (κ3) is 5.05. The summed E-state index contributed by atoms with van der Waals surface area (Å²) >= 11 is 3.12. The smallest absolute Gasteiger partial charge is 0.336 e. The Morgan fingerprint density at radius 1 is 1.44 bits per heavy atom. The molecule has 0 aliphatic carbocycles. The molecule has 0 spiro atoms. The minimum atomic E-state index is -2.99. The van der Waals surface area contributed by atoms with Gasteiger partial charge in [0.2, 0.25) is 0 Å².